The molecule has 0 aliphatic carbocycles. The van der Waals surface area contributed by atoms with Crippen molar-refractivity contribution in [1.29, 1.82) is 0 Å². The number of carbonyl (C=O) groups excluding carboxylic acids is 1. The molecule has 14 heavy (non-hydrogen) atoms. The van der Waals surface area contributed by atoms with Crippen molar-refractivity contribution < 1.29 is 22.5 Å². The number of hydrogen-bond acceptors (Lipinski definition) is 5. The normalized spacial score (nSPS) is 10.0. The van der Waals surface area contributed by atoms with Crippen molar-refractivity contribution in [2.24, 2.45) is 5.73 Å². The number of nitrogens with two attached hydrogens (primary N) is 1. The first kappa shape index (κ1) is 15.8. The molecule has 0 atom stereocenters. The average Bonchev–Trinajstić information content (AvgIpc) is 2.01. The van der Waals surface area contributed by atoms with E-state index in [0.29, 0.717) is 12.9 Å². The second-order valence-electron chi connectivity index (χ2n) is 2.51. The van der Waals surface area contributed by atoms with Gasteiger partial charge in [-0.15, -0.1) is 0 Å². The molecule has 0 aromatic carbocycles. The van der Waals surface area contributed by atoms with E-state index in [0.717, 1.165) is 12.8 Å². The Labute approximate surface area is 84.2 Å². The molecule has 0 bridgehead atoms. The molecular weight excluding hydrogens is 210 g/mol. The molecule has 0 spiro atoms. The quantitative estimate of drug-likeness (QED) is 0.391. The summed E-state index contributed by atoms with van der Waals surface area (Å²) in [6.07, 6.45) is 2.68. The lowest BCUT2D eigenvalue weighted by Gasteiger charge is -1.99. The van der Waals surface area contributed by atoms with Gasteiger partial charge in [-0.3, -0.25) is 9.35 Å². The first-order valence-corrected chi connectivity index (χ1v) is 5.94. The third-order valence-electron chi connectivity index (χ3n) is 0.928. The highest BCUT2D eigenvalue weighted by molar-refractivity contribution is 7.85. The summed E-state index contributed by atoms with van der Waals surface area (Å²) in [5.41, 5.74) is 4.98. The summed E-state index contributed by atoms with van der Waals surface area (Å²) in [5.74, 6) is -0.316. The van der Waals surface area contributed by atoms with Gasteiger partial charge in [0.05, 0.1) is 19.4 Å². The van der Waals surface area contributed by atoms with Crippen molar-refractivity contribution in [2.75, 3.05) is 19.4 Å². The lowest BCUT2D eigenvalue weighted by molar-refractivity contribution is -0.141. The molecule has 0 amide bonds. The second-order valence-corrected chi connectivity index (χ2v) is 3.98. The molecular formula is C7H17NO5S. The molecule has 0 unspecified atom stereocenters. The molecule has 7 heteroatoms. The monoisotopic (exact) mass is 227 g/mol. The maximum absolute atomic E-state index is 10.3. The lowest BCUT2D eigenvalue weighted by Crippen LogP contribution is -2.17. The number of esters is 1. The second kappa shape index (κ2) is 8.92. The Kier molecular flexibility index (Phi) is 10.1. The molecule has 0 saturated heterocycles. The van der Waals surface area contributed by atoms with Crippen LogP contribution in [0.2, 0.25) is 0 Å². The molecule has 0 aliphatic heterocycles. The average molecular weight is 227 g/mol. The summed E-state index contributed by atoms with van der Waals surface area (Å²) >= 11 is 0. The molecule has 0 aromatic heterocycles. The van der Waals surface area contributed by atoms with Crippen molar-refractivity contribution >= 4 is 16.1 Å². The summed E-state index contributed by atoms with van der Waals surface area (Å²) in [4.78, 5) is 10.3. The van der Waals surface area contributed by atoms with E-state index in [1.807, 2.05) is 6.92 Å². The van der Waals surface area contributed by atoms with E-state index in [1.165, 1.54) is 0 Å². The van der Waals surface area contributed by atoms with Gasteiger partial charge in [0.15, 0.2) is 0 Å². The fourth-order valence-corrected chi connectivity index (χ4v) is 0.389. The molecule has 0 aromatic rings. The number of carbonyl (C=O) groups is 1. The maximum atomic E-state index is 10.3. The van der Waals surface area contributed by atoms with Gasteiger partial charge in [0.2, 0.25) is 0 Å². The van der Waals surface area contributed by atoms with Crippen molar-refractivity contribution in [3.8, 4) is 0 Å². The van der Waals surface area contributed by atoms with Crippen LogP contribution in [0.15, 0.2) is 0 Å². The standard InChI is InChI=1S/C6H13NO2.CH4O3S/c1-2-3-4-9-6(8)5-7;1-5(2,3)4/h2-5,7H2,1H3;1H3,(H,2,3,4). The van der Waals surface area contributed by atoms with Crippen molar-refractivity contribution in [1.82, 2.24) is 0 Å². The van der Waals surface area contributed by atoms with E-state index in [4.69, 9.17) is 10.3 Å². The highest BCUT2D eigenvalue weighted by Gasteiger charge is 1.94. The van der Waals surface area contributed by atoms with Crippen molar-refractivity contribution in [3.05, 3.63) is 0 Å². The fourth-order valence-electron chi connectivity index (χ4n) is 0.389. The highest BCUT2D eigenvalue weighted by Crippen LogP contribution is 1.86. The smallest absolute Gasteiger partial charge is 0.319 e. The Balaban J connectivity index is 0. The minimum atomic E-state index is -3.67. The SMILES string of the molecule is CCCCOC(=O)CN.CS(=O)(=O)O. The number of unbranched alkanes of at least 4 members (excludes halogenated alkanes) is 1. The van der Waals surface area contributed by atoms with Crippen LogP contribution in [0.4, 0.5) is 0 Å². The maximum Gasteiger partial charge on any atom is 0.319 e. The van der Waals surface area contributed by atoms with E-state index in [1.54, 1.807) is 0 Å². The zero-order chi connectivity index (χ0) is 11.6. The van der Waals surface area contributed by atoms with E-state index >= 15 is 0 Å². The lowest BCUT2D eigenvalue weighted by atomic mass is 10.4. The summed E-state index contributed by atoms with van der Waals surface area (Å²) in [5, 5.41) is 0. The Bertz CT molecular complexity index is 228. The van der Waals surface area contributed by atoms with E-state index in [-0.39, 0.29) is 12.5 Å². The predicted molar refractivity (Wildman–Crippen MR) is 52.4 cm³/mol. The molecule has 0 fully saturated rings. The van der Waals surface area contributed by atoms with Gasteiger partial charge in [0.1, 0.15) is 0 Å². The van der Waals surface area contributed by atoms with Gasteiger partial charge in [0, 0.05) is 0 Å². The van der Waals surface area contributed by atoms with E-state index in [9.17, 15) is 13.2 Å². The molecule has 0 saturated carbocycles. The number of hydrogen-bond donors (Lipinski definition) is 2. The topological polar surface area (TPSA) is 107 Å². The zero-order valence-electron chi connectivity index (χ0n) is 8.39. The molecule has 0 heterocycles. The summed E-state index contributed by atoms with van der Waals surface area (Å²) < 4.78 is 30.5. The van der Waals surface area contributed by atoms with Crippen LogP contribution in [0.3, 0.4) is 0 Å². The minimum absolute atomic E-state index is 0.0102. The van der Waals surface area contributed by atoms with Gasteiger partial charge in [-0.05, 0) is 6.42 Å². The van der Waals surface area contributed by atoms with Crippen LogP contribution in [-0.2, 0) is 19.6 Å². The van der Waals surface area contributed by atoms with Crippen molar-refractivity contribution in [2.45, 2.75) is 19.8 Å². The van der Waals surface area contributed by atoms with Crippen molar-refractivity contribution in [3.63, 3.8) is 0 Å². The molecule has 6 nitrogen and oxygen atoms in total. The molecule has 0 rings (SSSR count). The van der Waals surface area contributed by atoms with Crippen LogP contribution in [0, 0.1) is 0 Å². The van der Waals surface area contributed by atoms with Gasteiger partial charge in [-0.2, -0.15) is 8.42 Å². The van der Waals surface area contributed by atoms with E-state index in [2.05, 4.69) is 4.74 Å². The van der Waals surface area contributed by atoms with Crippen LogP contribution in [0.5, 0.6) is 0 Å². The molecule has 0 aliphatic rings. The largest absolute Gasteiger partial charge is 0.465 e. The van der Waals surface area contributed by atoms with E-state index < -0.39 is 10.1 Å². The first-order chi connectivity index (χ1) is 6.31. The Hall–Kier alpha value is -0.660. The number of ether oxygens (including phenoxy) is 1. The highest BCUT2D eigenvalue weighted by atomic mass is 32.2. The van der Waals surface area contributed by atoms with Crippen LogP contribution in [0.1, 0.15) is 19.8 Å². The van der Waals surface area contributed by atoms with Crippen LogP contribution in [-0.4, -0.2) is 38.3 Å². The summed E-state index contributed by atoms with van der Waals surface area (Å²) in [7, 11) is -3.67. The first-order valence-electron chi connectivity index (χ1n) is 4.09. The zero-order valence-corrected chi connectivity index (χ0v) is 9.21. The summed E-state index contributed by atoms with van der Waals surface area (Å²) in [6, 6.07) is 0. The third-order valence-corrected chi connectivity index (χ3v) is 0.928. The van der Waals surface area contributed by atoms with Crippen LogP contribution < -0.4 is 5.73 Å². The minimum Gasteiger partial charge on any atom is -0.465 e. The Morgan fingerprint density at radius 2 is 1.93 bits per heavy atom. The van der Waals surface area contributed by atoms with Crippen LogP contribution >= 0.6 is 0 Å². The Morgan fingerprint density at radius 3 is 2.21 bits per heavy atom. The predicted octanol–water partition coefficient (Wildman–Crippen LogP) is -0.208. The number of rotatable bonds is 4. The Morgan fingerprint density at radius 1 is 1.50 bits per heavy atom. The fraction of sp³-hybridized carbons (Fsp3) is 0.857. The summed E-state index contributed by atoms with van der Waals surface area (Å²) in [6.45, 7) is 2.53. The molecule has 86 valence electrons. The molecule has 0 radical (unpaired) electrons. The van der Waals surface area contributed by atoms with Crippen LogP contribution in [0.25, 0.3) is 0 Å². The molecule has 3 N–H and O–H groups in total. The van der Waals surface area contributed by atoms with Gasteiger partial charge < -0.3 is 10.5 Å². The van der Waals surface area contributed by atoms with Gasteiger partial charge in [-0.25, -0.2) is 0 Å². The van der Waals surface area contributed by atoms with Gasteiger partial charge in [-0.1, -0.05) is 13.3 Å². The third kappa shape index (κ3) is 30.2. The van der Waals surface area contributed by atoms with Gasteiger partial charge >= 0.3 is 5.97 Å². The van der Waals surface area contributed by atoms with Gasteiger partial charge in [0.25, 0.3) is 10.1 Å².